The molecule has 3 aromatic rings. The van der Waals surface area contributed by atoms with E-state index in [4.69, 9.17) is 16.3 Å². The van der Waals surface area contributed by atoms with E-state index >= 15 is 0 Å². The molecule has 5 rings (SSSR count). The minimum atomic E-state index is -0.210. The molecule has 2 aliphatic rings. The van der Waals surface area contributed by atoms with Gasteiger partial charge in [0.2, 0.25) is 11.8 Å². The number of halogens is 1. The van der Waals surface area contributed by atoms with Gasteiger partial charge in [0, 0.05) is 17.2 Å². The van der Waals surface area contributed by atoms with Crippen molar-refractivity contribution in [3.05, 3.63) is 53.6 Å². The Hall–Kier alpha value is -2.88. The number of hydrogen-bond acceptors (Lipinski definition) is 6. The second kappa shape index (κ2) is 9.54. The second-order valence-corrected chi connectivity index (χ2v) is 9.27. The summed E-state index contributed by atoms with van der Waals surface area (Å²) in [5.74, 6) is 0.465. The molecule has 0 spiro atoms. The maximum absolute atomic E-state index is 13.1. The molecule has 2 amide bonds. The van der Waals surface area contributed by atoms with E-state index < -0.39 is 0 Å². The van der Waals surface area contributed by atoms with Gasteiger partial charge in [0.1, 0.15) is 6.54 Å². The van der Waals surface area contributed by atoms with Crippen LogP contribution in [0.5, 0.6) is 0 Å². The zero-order valence-electron chi connectivity index (χ0n) is 17.7. The summed E-state index contributed by atoms with van der Waals surface area (Å²) in [4.78, 5) is 26.7. The van der Waals surface area contributed by atoms with Gasteiger partial charge in [-0.15, -0.1) is 10.2 Å². The van der Waals surface area contributed by atoms with Crippen LogP contribution < -0.4 is 10.2 Å². The van der Waals surface area contributed by atoms with Crippen molar-refractivity contribution in [2.45, 2.75) is 30.6 Å². The summed E-state index contributed by atoms with van der Waals surface area (Å²) in [6.45, 7) is 1.35. The zero-order chi connectivity index (χ0) is 22.8. The predicted octanol–water partition coefficient (Wildman–Crippen LogP) is 3.85. The summed E-state index contributed by atoms with van der Waals surface area (Å²) < 4.78 is 7.84. The largest absolute Gasteiger partial charge is 0.376 e. The molecule has 0 aliphatic carbocycles. The van der Waals surface area contributed by atoms with Crippen LogP contribution >= 0.6 is 23.4 Å². The Bertz CT molecular complexity index is 1180. The van der Waals surface area contributed by atoms with Crippen molar-refractivity contribution in [1.82, 2.24) is 14.8 Å². The number of hydrogen-bond donors (Lipinski definition) is 1. The topological polar surface area (TPSA) is 89.4 Å². The van der Waals surface area contributed by atoms with Crippen molar-refractivity contribution in [2.75, 3.05) is 29.1 Å². The number of anilines is 2. The fourth-order valence-electron chi connectivity index (χ4n) is 4.02. The third-order valence-electron chi connectivity index (χ3n) is 5.63. The molecule has 0 saturated carbocycles. The third-order valence-corrected chi connectivity index (χ3v) is 6.83. The number of amides is 2. The first-order chi connectivity index (χ1) is 16.1. The Kier molecular flexibility index (Phi) is 6.34. The van der Waals surface area contributed by atoms with E-state index in [1.807, 2.05) is 47.0 Å². The molecule has 170 valence electrons. The van der Waals surface area contributed by atoms with Gasteiger partial charge in [-0.2, -0.15) is 0 Å². The Morgan fingerprint density at radius 1 is 1.18 bits per heavy atom. The quantitative estimate of drug-likeness (QED) is 0.535. The average molecular weight is 484 g/mol. The summed E-state index contributed by atoms with van der Waals surface area (Å²) in [6, 6.07) is 14.7. The lowest BCUT2D eigenvalue weighted by Crippen LogP contribution is -2.43. The van der Waals surface area contributed by atoms with Crippen LogP contribution in [0.3, 0.4) is 0 Å². The van der Waals surface area contributed by atoms with Crippen LogP contribution in [0.1, 0.15) is 12.8 Å². The van der Waals surface area contributed by atoms with Gasteiger partial charge in [-0.1, -0.05) is 35.5 Å². The molecule has 0 radical (unpaired) electrons. The number of ether oxygens (including phenoxy) is 1. The molecule has 1 fully saturated rings. The Labute approximate surface area is 200 Å². The van der Waals surface area contributed by atoms with E-state index in [0.29, 0.717) is 33.9 Å². The Balaban J connectivity index is 1.37. The highest BCUT2D eigenvalue weighted by Crippen LogP contribution is 2.31. The van der Waals surface area contributed by atoms with E-state index in [-0.39, 0.29) is 30.2 Å². The molecule has 3 heterocycles. The van der Waals surface area contributed by atoms with Gasteiger partial charge in [0.05, 0.1) is 29.8 Å². The highest BCUT2D eigenvalue weighted by molar-refractivity contribution is 7.99. The fraction of sp³-hybridized carbons (Fsp3) is 0.304. The molecule has 8 nitrogen and oxygen atoms in total. The van der Waals surface area contributed by atoms with Crippen LogP contribution in [0.15, 0.2) is 53.7 Å². The number of nitrogens with one attached hydrogen (secondary N) is 1. The predicted molar refractivity (Wildman–Crippen MR) is 128 cm³/mol. The van der Waals surface area contributed by atoms with Crippen molar-refractivity contribution in [2.24, 2.45) is 0 Å². The molecule has 2 aliphatic heterocycles. The van der Waals surface area contributed by atoms with Gasteiger partial charge in [-0.05, 0) is 49.2 Å². The first-order valence-corrected chi connectivity index (χ1v) is 12.1. The van der Waals surface area contributed by atoms with Crippen LogP contribution in [-0.4, -0.2) is 51.6 Å². The SMILES string of the molecule is O=C1CN(C(=O)CSc2nnc(-c3ccc(Cl)cc3)n2C[C@H]2CCCO2)c2ccccc2N1. The number of rotatable bonds is 6. The number of benzene rings is 2. The first kappa shape index (κ1) is 21.9. The molecule has 1 N–H and O–H groups in total. The van der Waals surface area contributed by atoms with Crippen molar-refractivity contribution < 1.29 is 14.3 Å². The number of aromatic nitrogens is 3. The van der Waals surface area contributed by atoms with Crippen molar-refractivity contribution >= 4 is 46.6 Å². The number of carbonyl (C=O) groups is 2. The van der Waals surface area contributed by atoms with Gasteiger partial charge < -0.3 is 15.0 Å². The number of carbonyl (C=O) groups excluding carboxylic acids is 2. The second-order valence-electron chi connectivity index (χ2n) is 7.89. The summed E-state index contributed by atoms with van der Waals surface area (Å²) >= 11 is 7.36. The van der Waals surface area contributed by atoms with E-state index in [0.717, 1.165) is 25.0 Å². The number of thioether (sulfide) groups is 1. The van der Waals surface area contributed by atoms with E-state index in [1.54, 1.807) is 6.07 Å². The molecule has 1 aromatic heterocycles. The molecule has 0 bridgehead atoms. The van der Waals surface area contributed by atoms with E-state index in [1.165, 1.54) is 16.7 Å². The van der Waals surface area contributed by atoms with Gasteiger partial charge >= 0.3 is 0 Å². The molecule has 0 unspecified atom stereocenters. The number of nitrogens with zero attached hydrogens (tertiary/aromatic N) is 4. The summed E-state index contributed by atoms with van der Waals surface area (Å²) in [5, 5.41) is 12.9. The normalized spacial score (nSPS) is 17.7. The van der Waals surface area contributed by atoms with Crippen LogP contribution in [0.25, 0.3) is 11.4 Å². The molecule has 1 saturated heterocycles. The summed E-state index contributed by atoms with van der Waals surface area (Å²) in [6.07, 6.45) is 2.08. The number of fused-ring (bicyclic) bond motifs is 1. The minimum absolute atomic E-state index is 0.00492. The molecule has 10 heteroatoms. The maximum Gasteiger partial charge on any atom is 0.244 e. The van der Waals surface area contributed by atoms with Crippen LogP contribution in [0.4, 0.5) is 11.4 Å². The number of para-hydroxylation sites is 2. The van der Waals surface area contributed by atoms with E-state index in [2.05, 4.69) is 15.5 Å². The summed E-state index contributed by atoms with van der Waals surface area (Å²) in [7, 11) is 0. The Morgan fingerprint density at radius 2 is 2.00 bits per heavy atom. The smallest absolute Gasteiger partial charge is 0.244 e. The molecule has 2 aromatic carbocycles. The molecule has 33 heavy (non-hydrogen) atoms. The minimum Gasteiger partial charge on any atom is -0.376 e. The maximum atomic E-state index is 13.1. The van der Waals surface area contributed by atoms with Crippen LogP contribution in [0.2, 0.25) is 5.02 Å². The van der Waals surface area contributed by atoms with Crippen LogP contribution in [-0.2, 0) is 20.9 Å². The van der Waals surface area contributed by atoms with Crippen LogP contribution in [0, 0.1) is 0 Å². The van der Waals surface area contributed by atoms with Gasteiger partial charge in [0.15, 0.2) is 11.0 Å². The Morgan fingerprint density at radius 3 is 2.79 bits per heavy atom. The summed E-state index contributed by atoms with van der Waals surface area (Å²) in [5.41, 5.74) is 2.23. The van der Waals surface area contributed by atoms with Gasteiger partial charge in [-0.25, -0.2) is 0 Å². The average Bonchev–Trinajstić information content (AvgIpc) is 3.48. The van der Waals surface area contributed by atoms with Crippen molar-refractivity contribution in [3.8, 4) is 11.4 Å². The fourth-order valence-corrected chi connectivity index (χ4v) is 4.97. The lowest BCUT2D eigenvalue weighted by Gasteiger charge is -2.29. The third kappa shape index (κ3) is 4.75. The van der Waals surface area contributed by atoms with E-state index in [9.17, 15) is 9.59 Å². The van der Waals surface area contributed by atoms with Crippen molar-refractivity contribution in [3.63, 3.8) is 0 Å². The zero-order valence-corrected chi connectivity index (χ0v) is 19.3. The molecule has 1 atom stereocenters. The highest BCUT2D eigenvalue weighted by Gasteiger charge is 2.28. The first-order valence-electron chi connectivity index (χ1n) is 10.7. The lowest BCUT2D eigenvalue weighted by atomic mass is 10.2. The van der Waals surface area contributed by atoms with Gasteiger partial charge in [0.25, 0.3) is 0 Å². The lowest BCUT2D eigenvalue weighted by molar-refractivity contribution is -0.120. The van der Waals surface area contributed by atoms with Gasteiger partial charge in [-0.3, -0.25) is 14.2 Å². The highest BCUT2D eigenvalue weighted by atomic mass is 35.5. The monoisotopic (exact) mass is 483 g/mol. The molecular weight excluding hydrogens is 462 g/mol. The standard InChI is InChI=1S/C23H22ClN5O3S/c24-16-9-7-15(8-10-16)22-26-27-23(29(22)12-17-4-3-11-32-17)33-14-21(31)28-13-20(30)25-18-5-1-2-6-19(18)28/h1-2,5-10,17H,3-4,11-14H2,(H,25,30)/t17-/m1/s1. The van der Waals surface area contributed by atoms with Crippen molar-refractivity contribution in [1.29, 1.82) is 0 Å². The molecular formula is C23H22ClN5O3S.